The van der Waals surface area contributed by atoms with E-state index in [9.17, 15) is 15.2 Å². The molecule has 0 aliphatic carbocycles. The zero-order valence-corrected chi connectivity index (χ0v) is 13.4. The minimum absolute atomic E-state index is 0.0124. The van der Waals surface area contributed by atoms with Crippen molar-refractivity contribution in [1.82, 2.24) is 4.98 Å². The molecule has 0 spiro atoms. The fourth-order valence-electron chi connectivity index (χ4n) is 2.03. The highest BCUT2D eigenvalue weighted by molar-refractivity contribution is 5.86. The van der Waals surface area contributed by atoms with Gasteiger partial charge in [-0.1, -0.05) is 6.07 Å². The lowest BCUT2D eigenvalue weighted by molar-refractivity contribution is -0.384. The summed E-state index contributed by atoms with van der Waals surface area (Å²) in [6.45, 7) is 0. The molecule has 128 valence electrons. The van der Waals surface area contributed by atoms with E-state index >= 15 is 0 Å². The molecule has 1 aromatic heterocycles. The van der Waals surface area contributed by atoms with Crippen molar-refractivity contribution in [2.24, 2.45) is 15.2 Å². The van der Waals surface area contributed by atoms with E-state index < -0.39 is 4.92 Å². The van der Waals surface area contributed by atoms with Gasteiger partial charge in [0.05, 0.1) is 16.3 Å². The first-order valence-corrected chi connectivity index (χ1v) is 7.56. The summed E-state index contributed by atoms with van der Waals surface area (Å²) in [6.07, 6.45) is 3.12. The third-order valence-electron chi connectivity index (χ3n) is 3.34. The van der Waals surface area contributed by atoms with Gasteiger partial charge in [-0.25, -0.2) is 9.98 Å². The first-order chi connectivity index (χ1) is 12.6. The van der Waals surface area contributed by atoms with Gasteiger partial charge in [0.2, 0.25) is 0 Å². The molecule has 0 aliphatic rings. The van der Waals surface area contributed by atoms with Gasteiger partial charge in [0.25, 0.3) is 5.69 Å². The Morgan fingerprint density at radius 1 is 1.00 bits per heavy atom. The van der Waals surface area contributed by atoms with E-state index in [4.69, 9.17) is 0 Å². The van der Waals surface area contributed by atoms with Gasteiger partial charge in [0.1, 0.15) is 5.75 Å². The molecule has 2 aromatic carbocycles. The van der Waals surface area contributed by atoms with Crippen LogP contribution < -0.4 is 0 Å². The number of benzene rings is 2. The van der Waals surface area contributed by atoms with Crippen LogP contribution in [0.5, 0.6) is 5.75 Å². The number of hydrogen-bond donors (Lipinski definition) is 1. The number of phenols is 1. The molecule has 0 atom stereocenters. The van der Waals surface area contributed by atoms with Crippen LogP contribution in [-0.4, -0.2) is 21.2 Å². The molecule has 0 bridgehead atoms. The Labute approximate surface area is 148 Å². The molecule has 0 saturated heterocycles. The maximum Gasteiger partial charge on any atom is 0.269 e. The van der Waals surface area contributed by atoms with Crippen molar-refractivity contribution in [3.05, 3.63) is 82.5 Å². The van der Waals surface area contributed by atoms with Gasteiger partial charge in [0, 0.05) is 30.1 Å². The van der Waals surface area contributed by atoms with Gasteiger partial charge in [-0.05, 0) is 42.5 Å². The van der Waals surface area contributed by atoms with Crippen molar-refractivity contribution >= 4 is 29.1 Å². The molecular weight excluding hydrogens is 334 g/mol. The zero-order chi connectivity index (χ0) is 18.4. The standard InChI is InChI=1S/C18H13N5O3/c24-17-9-6-15(11-13(17)12-20-18-3-1-2-10-19-18)22-21-14-4-7-16(8-5-14)23(25)26/h1-12,24H. The maximum atomic E-state index is 10.6. The van der Waals surface area contributed by atoms with Gasteiger partial charge in [-0.15, -0.1) is 0 Å². The van der Waals surface area contributed by atoms with Crippen LogP contribution in [0.3, 0.4) is 0 Å². The van der Waals surface area contributed by atoms with E-state index in [-0.39, 0.29) is 11.4 Å². The number of azo groups is 1. The number of hydrogen-bond acceptors (Lipinski definition) is 7. The van der Waals surface area contributed by atoms with Crippen molar-refractivity contribution in [2.75, 3.05) is 0 Å². The molecule has 3 rings (SSSR count). The molecule has 26 heavy (non-hydrogen) atoms. The molecule has 0 amide bonds. The molecular formula is C18H13N5O3. The Balaban J connectivity index is 1.78. The maximum absolute atomic E-state index is 10.6. The molecule has 3 aromatic rings. The molecule has 8 nitrogen and oxygen atoms in total. The van der Waals surface area contributed by atoms with Crippen LogP contribution in [0, 0.1) is 10.1 Å². The van der Waals surface area contributed by atoms with E-state index in [1.165, 1.54) is 36.5 Å². The number of aromatic nitrogens is 1. The highest BCUT2D eigenvalue weighted by atomic mass is 16.6. The number of phenolic OH excluding ortho intramolecular Hbond substituents is 1. The SMILES string of the molecule is O=[N+]([O-])c1ccc(N=Nc2ccc(O)c(C=Nc3ccccn3)c2)cc1. The summed E-state index contributed by atoms with van der Waals surface area (Å²) < 4.78 is 0. The largest absolute Gasteiger partial charge is 0.507 e. The van der Waals surface area contributed by atoms with Gasteiger partial charge in [-0.2, -0.15) is 10.2 Å². The van der Waals surface area contributed by atoms with Crippen LogP contribution >= 0.6 is 0 Å². The van der Waals surface area contributed by atoms with E-state index in [0.717, 1.165) is 0 Å². The fraction of sp³-hybridized carbons (Fsp3) is 0. The number of aromatic hydroxyl groups is 1. The van der Waals surface area contributed by atoms with Gasteiger partial charge < -0.3 is 5.11 Å². The summed E-state index contributed by atoms with van der Waals surface area (Å²) in [5, 5.41) is 28.7. The lowest BCUT2D eigenvalue weighted by Crippen LogP contribution is -1.85. The van der Waals surface area contributed by atoms with Crippen LogP contribution in [0.4, 0.5) is 22.9 Å². The fourth-order valence-corrected chi connectivity index (χ4v) is 2.03. The predicted molar refractivity (Wildman–Crippen MR) is 96.9 cm³/mol. The molecule has 8 heteroatoms. The lowest BCUT2D eigenvalue weighted by atomic mass is 10.2. The van der Waals surface area contributed by atoms with Gasteiger partial charge in [-0.3, -0.25) is 10.1 Å². The molecule has 0 aliphatic heterocycles. The summed E-state index contributed by atoms with van der Waals surface area (Å²) in [6, 6.07) is 15.8. The number of rotatable bonds is 5. The second-order valence-electron chi connectivity index (χ2n) is 5.16. The summed E-state index contributed by atoms with van der Waals surface area (Å²) in [5.74, 6) is 0.573. The highest BCUT2D eigenvalue weighted by Gasteiger charge is 2.04. The summed E-state index contributed by atoms with van der Waals surface area (Å²) in [5.41, 5.74) is 1.44. The van der Waals surface area contributed by atoms with Crippen molar-refractivity contribution in [3.8, 4) is 5.75 Å². The monoisotopic (exact) mass is 347 g/mol. The Bertz CT molecular complexity index is 970. The first-order valence-electron chi connectivity index (χ1n) is 7.56. The minimum atomic E-state index is -0.478. The van der Waals surface area contributed by atoms with Gasteiger partial charge >= 0.3 is 0 Å². The Morgan fingerprint density at radius 2 is 1.73 bits per heavy atom. The van der Waals surface area contributed by atoms with E-state index in [0.29, 0.717) is 22.8 Å². The molecule has 1 heterocycles. The van der Waals surface area contributed by atoms with Gasteiger partial charge in [0.15, 0.2) is 5.82 Å². The topological polar surface area (TPSA) is 113 Å². The first kappa shape index (κ1) is 16.9. The summed E-state index contributed by atoms with van der Waals surface area (Å²) in [7, 11) is 0. The minimum Gasteiger partial charge on any atom is -0.507 e. The number of nitro benzene ring substituents is 1. The van der Waals surface area contributed by atoms with Crippen molar-refractivity contribution in [1.29, 1.82) is 0 Å². The summed E-state index contributed by atoms with van der Waals surface area (Å²) >= 11 is 0. The average Bonchev–Trinajstić information content (AvgIpc) is 2.67. The molecule has 0 fully saturated rings. The number of nitrogens with zero attached hydrogens (tertiary/aromatic N) is 5. The Kier molecular flexibility index (Phi) is 5.04. The van der Waals surface area contributed by atoms with Crippen LogP contribution in [-0.2, 0) is 0 Å². The highest BCUT2D eigenvalue weighted by Crippen LogP contribution is 2.25. The van der Waals surface area contributed by atoms with Crippen LogP contribution in [0.25, 0.3) is 0 Å². The van der Waals surface area contributed by atoms with Crippen LogP contribution in [0.1, 0.15) is 5.56 Å². The normalized spacial score (nSPS) is 11.2. The van der Waals surface area contributed by atoms with Crippen molar-refractivity contribution < 1.29 is 10.0 Å². The van der Waals surface area contributed by atoms with Crippen LogP contribution in [0.15, 0.2) is 82.1 Å². The quantitative estimate of drug-likeness (QED) is 0.307. The second kappa shape index (κ2) is 7.75. The van der Waals surface area contributed by atoms with Crippen LogP contribution in [0.2, 0.25) is 0 Å². The number of aliphatic imine (C=N–C) groups is 1. The third kappa shape index (κ3) is 4.32. The van der Waals surface area contributed by atoms with Crippen molar-refractivity contribution in [3.63, 3.8) is 0 Å². The van der Waals surface area contributed by atoms with E-state index in [2.05, 4.69) is 20.2 Å². The molecule has 0 saturated carbocycles. The predicted octanol–water partition coefficient (Wildman–Crippen LogP) is 4.86. The number of nitro groups is 1. The smallest absolute Gasteiger partial charge is 0.269 e. The number of pyridine rings is 1. The summed E-state index contributed by atoms with van der Waals surface area (Å²) in [4.78, 5) is 18.4. The Morgan fingerprint density at radius 3 is 2.42 bits per heavy atom. The molecule has 0 radical (unpaired) electrons. The zero-order valence-electron chi connectivity index (χ0n) is 13.4. The Hall–Kier alpha value is -3.94. The number of non-ortho nitro benzene ring substituents is 1. The van der Waals surface area contributed by atoms with E-state index in [1.54, 1.807) is 30.5 Å². The van der Waals surface area contributed by atoms with Crippen molar-refractivity contribution in [2.45, 2.75) is 0 Å². The average molecular weight is 347 g/mol. The second-order valence-corrected chi connectivity index (χ2v) is 5.16. The third-order valence-corrected chi connectivity index (χ3v) is 3.34. The molecule has 1 N–H and O–H groups in total. The molecule has 0 unspecified atom stereocenters. The van der Waals surface area contributed by atoms with E-state index in [1.807, 2.05) is 6.07 Å². The lowest BCUT2D eigenvalue weighted by Gasteiger charge is -2.00.